The lowest BCUT2D eigenvalue weighted by molar-refractivity contribution is 1.18. The summed E-state index contributed by atoms with van der Waals surface area (Å²) in [6, 6.07) is 46.3. The lowest BCUT2D eigenvalue weighted by Crippen LogP contribution is -1.95. The van der Waals surface area contributed by atoms with Crippen LogP contribution in [-0.4, -0.2) is 14.1 Å². The number of nitrogens with zero attached hydrogens (tertiary/aromatic N) is 3. The fourth-order valence-electron chi connectivity index (χ4n) is 6.60. The van der Waals surface area contributed by atoms with Crippen LogP contribution >= 0.6 is 0 Å². The van der Waals surface area contributed by atoms with Crippen LogP contribution in [0.15, 0.2) is 140 Å². The molecule has 40 heavy (non-hydrogen) atoms. The minimum atomic E-state index is 1.15. The summed E-state index contributed by atoms with van der Waals surface area (Å²) in [5.41, 5.74) is 7.19. The molecule has 0 fully saturated rings. The summed E-state index contributed by atoms with van der Waals surface area (Å²) in [4.78, 5) is 4.30. The summed E-state index contributed by atoms with van der Waals surface area (Å²) < 4.78 is 4.83. The smallest absolute Gasteiger partial charge is 0.0548 e. The highest BCUT2D eigenvalue weighted by Crippen LogP contribution is 2.42. The Hall–Kier alpha value is -5.41. The maximum Gasteiger partial charge on any atom is 0.0548 e. The van der Waals surface area contributed by atoms with Gasteiger partial charge in [0.1, 0.15) is 0 Å². The minimum Gasteiger partial charge on any atom is -0.309 e. The van der Waals surface area contributed by atoms with Gasteiger partial charge < -0.3 is 9.13 Å². The second kappa shape index (κ2) is 8.05. The Morgan fingerprint density at radius 2 is 0.925 bits per heavy atom. The Morgan fingerprint density at radius 1 is 0.400 bits per heavy atom. The fourth-order valence-corrected chi connectivity index (χ4v) is 6.60. The van der Waals surface area contributed by atoms with Crippen molar-refractivity contribution in [3.63, 3.8) is 0 Å². The Kier molecular flexibility index (Phi) is 4.33. The van der Waals surface area contributed by atoms with Crippen molar-refractivity contribution in [3.05, 3.63) is 140 Å². The van der Waals surface area contributed by atoms with Crippen molar-refractivity contribution in [2.45, 2.75) is 0 Å². The van der Waals surface area contributed by atoms with Crippen LogP contribution in [0.4, 0.5) is 0 Å². The summed E-state index contributed by atoms with van der Waals surface area (Å²) in [6.45, 7) is 0. The predicted molar refractivity (Wildman–Crippen MR) is 168 cm³/mol. The zero-order valence-electron chi connectivity index (χ0n) is 21.6. The summed E-state index contributed by atoms with van der Waals surface area (Å²) in [7, 11) is 0. The van der Waals surface area contributed by atoms with Crippen molar-refractivity contribution in [3.8, 4) is 11.4 Å². The normalized spacial score (nSPS) is 12.0. The summed E-state index contributed by atoms with van der Waals surface area (Å²) in [5.74, 6) is 0. The van der Waals surface area contributed by atoms with Crippen LogP contribution in [0.5, 0.6) is 0 Å². The Balaban J connectivity index is 1.43. The number of para-hydroxylation sites is 2. The number of aromatic nitrogens is 3. The van der Waals surface area contributed by atoms with Crippen molar-refractivity contribution in [1.29, 1.82) is 0 Å². The molecule has 3 heteroatoms. The van der Waals surface area contributed by atoms with Gasteiger partial charge in [0, 0.05) is 50.7 Å². The van der Waals surface area contributed by atoms with Crippen LogP contribution in [0.1, 0.15) is 0 Å². The molecule has 0 N–H and O–H groups in total. The van der Waals surface area contributed by atoms with E-state index in [0.29, 0.717) is 0 Å². The van der Waals surface area contributed by atoms with Crippen LogP contribution in [0.2, 0.25) is 0 Å². The van der Waals surface area contributed by atoms with Gasteiger partial charge in [-0.05, 0) is 70.8 Å². The molecule has 0 aliphatic rings. The van der Waals surface area contributed by atoms with Gasteiger partial charge in [0.15, 0.2) is 0 Å². The van der Waals surface area contributed by atoms with Crippen LogP contribution in [0, 0.1) is 0 Å². The minimum absolute atomic E-state index is 1.15. The van der Waals surface area contributed by atoms with Gasteiger partial charge in [0.25, 0.3) is 0 Å². The molecule has 0 aliphatic heterocycles. The van der Waals surface area contributed by atoms with Gasteiger partial charge in [-0.2, -0.15) is 0 Å². The van der Waals surface area contributed by atoms with Crippen molar-refractivity contribution in [2.75, 3.05) is 0 Å². The van der Waals surface area contributed by atoms with E-state index in [1.54, 1.807) is 0 Å². The molecule has 3 nitrogen and oxygen atoms in total. The average molecular weight is 510 g/mol. The van der Waals surface area contributed by atoms with E-state index < -0.39 is 0 Å². The largest absolute Gasteiger partial charge is 0.309 e. The van der Waals surface area contributed by atoms with E-state index in [0.717, 1.165) is 11.1 Å². The molecule has 0 aliphatic carbocycles. The number of rotatable bonds is 2. The quantitative estimate of drug-likeness (QED) is 0.227. The van der Waals surface area contributed by atoms with Gasteiger partial charge in [-0.3, -0.25) is 4.98 Å². The third-order valence-corrected chi connectivity index (χ3v) is 8.35. The third kappa shape index (κ3) is 2.92. The Bertz CT molecular complexity index is 2270. The molecule has 0 spiro atoms. The van der Waals surface area contributed by atoms with Gasteiger partial charge in [-0.1, -0.05) is 72.8 Å². The molecular weight excluding hydrogens is 486 g/mol. The van der Waals surface area contributed by atoms with E-state index in [4.69, 9.17) is 0 Å². The summed E-state index contributed by atoms with van der Waals surface area (Å²) in [6.07, 6.45) is 3.79. The molecule has 3 aromatic heterocycles. The van der Waals surface area contributed by atoms with E-state index in [9.17, 15) is 0 Å². The van der Waals surface area contributed by atoms with Gasteiger partial charge >= 0.3 is 0 Å². The third-order valence-electron chi connectivity index (χ3n) is 8.35. The first-order valence-electron chi connectivity index (χ1n) is 13.6. The molecule has 6 aromatic carbocycles. The zero-order valence-corrected chi connectivity index (χ0v) is 21.6. The van der Waals surface area contributed by atoms with Crippen molar-refractivity contribution < 1.29 is 0 Å². The van der Waals surface area contributed by atoms with Gasteiger partial charge in [-0.15, -0.1) is 0 Å². The second-order valence-electron chi connectivity index (χ2n) is 10.5. The van der Waals surface area contributed by atoms with E-state index in [-0.39, 0.29) is 0 Å². The van der Waals surface area contributed by atoms with Crippen LogP contribution in [-0.2, 0) is 0 Å². The van der Waals surface area contributed by atoms with E-state index in [1.807, 2.05) is 12.4 Å². The molecule has 3 heterocycles. The molecule has 0 saturated carbocycles. The molecule has 0 bridgehead atoms. The van der Waals surface area contributed by atoms with Crippen LogP contribution in [0.3, 0.4) is 0 Å². The number of benzene rings is 6. The monoisotopic (exact) mass is 509 g/mol. The first-order chi connectivity index (χ1) is 19.8. The highest BCUT2D eigenvalue weighted by Gasteiger charge is 2.20. The van der Waals surface area contributed by atoms with Crippen molar-refractivity contribution in [1.82, 2.24) is 14.1 Å². The molecule has 9 rings (SSSR count). The van der Waals surface area contributed by atoms with Crippen molar-refractivity contribution in [2.24, 2.45) is 0 Å². The highest BCUT2D eigenvalue weighted by molar-refractivity contribution is 6.29. The summed E-state index contributed by atoms with van der Waals surface area (Å²) in [5, 5.41) is 9.95. The number of fused-ring (bicyclic) bond motifs is 9. The SMILES string of the molecule is c1ccc2cc(-n3c4ccccc4c4c5c6ccccc6n(-c6ccc7cnccc7c6)c5ccc43)ccc2c1. The molecule has 0 unspecified atom stereocenters. The first-order valence-corrected chi connectivity index (χ1v) is 13.6. The van der Waals surface area contributed by atoms with Gasteiger partial charge in [0.05, 0.1) is 22.1 Å². The number of hydrogen-bond donors (Lipinski definition) is 0. The Morgan fingerprint density at radius 3 is 1.57 bits per heavy atom. The number of pyridine rings is 1. The maximum absolute atomic E-state index is 4.30. The van der Waals surface area contributed by atoms with E-state index in [2.05, 4.69) is 142 Å². The maximum atomic E-state index is 4.30. The molecule has 186 valence electrons. The fraction of sp³-hybridized carbons (Fsp3) is 0. The summed E-state index contributed by atoms with van der Waals surface area (Å²) >= 11 is 0. The molecule has 0 amide bonds. The second-order valence-corrected chi connectivity index (χ2v) is 10.5. The van der Waals surface area contributed by atoms with Crippen LogP contribution in [0.25, 0.3) is 76.5 Å². The topological polar surface area (TPSA) is 22.8 Å². The molecule has 0 saturated heterocycles. The highest BCUT2D eigenvalue weighted by atomic mass is 15.0. The number of hydrogen-bond acceptors (Lipinski definition) is 1. The van der Waals surface area contributed by atoms with E-state index >= 15 is 0 Å². The predicted octanol–water partition coefficient (Wildman–Crippen LogP) is 9.58. The first kappa shape index (κ1) is 21.5. The van der Waals surface area contributed by atoms with Crippen molar-refractivity contribution >= 4 is 65.2 Å². The molecule has 0 atom stereocenters. The standard InChI is InChI=1S/C37H23N3/c1-2-8-25-21-28(15-13-24(25)7-1)39-32-11-5-3-9-30(32)36-34(39)17-18-35-37(36)31-10-4-6-12-33(31)40(35)29-16-14-27-23-38-20-19-26(27)22-29/h1-23H. The van der Waals surface area contributed by atoms with E-state index in [1.165, 1.54) is 65.5 Å². The average Bonchev–Trinajstić information content (AvgIpc) is 3.53. The van der Waals surface area contributed by atoms with Crippen LogP contribution < -0.4 is 0 Å². The lowest BCUT2D eigenvalue weighted by Gasteiger charge is -2.11. The molecule has 9 aromatic rings. The molecule has 0 radical (unpaired) electrons. The molecular formula is C37H23N3. The Labute approximate surface area is 230 Å². The zero-order chi connectivity index (χ0) is 26.2. The lowest BCUT2D eigenvalue weighted by atomic mass is 10.1. The van der Waals surface area contributed by atoms with Gasteiger partial charge in [-0.25, -0.2) is 0 Å². The van der Waals surface area contributed by atoms with Gasteiger partial charge in [0.2, 0.25) is 0 Å².